The summed E-state index contributed by atoms with van der Waals surface area (Å²) in [6.45, 7) is 6.65. The van der Waals surface area contributed by atoms with Crippen molar-refractivity contribution in [3.05, 3.63) is 95.6 Å². The Bertz CT molecular complexity index is 1300. The summed E-state index contributed by atoms with van der Waals surface area (Å²) in [7, 11) is -1.74. The molecule has 6 rings (SSSR count). The number of benzene rings is 3. The first-order chi connectivity index (χ1) is 18.8. The molecule has 3 heterocycles. The molecule has 2 atom stereocenters. The van der Waals surface area contributed by atoms with Crippen LogP contribution in [0.1, 0.15) is 49.3 Å². The van der Waals surface area contributed by atoms with Gasteiger partial charge >= 0.3 is 0 Å². The number of fused-ring (bicyclic) bond motifs is 3. The summed E-state index contributed by atoms with van der Waals surface area (Å²) in [6.07, 6.45) is 3.65. The molecule has 1 N–H and O–H groups in total. The first kappa shape index (κ1) is 27.7. The molecule has 3 fully saturated rings. The summed E-state index contributed by atoms with van der Waals surface area (Å²) in [6, 6.07) is 27.9. The molecular formula is C32H41N3O3S. The molecule has 39 heavy (non-hydrogen) atoms. The monoisotopic (exact) mass is 547 g/mol. The average Bonchev–Trinajstić information content (AvgIpc) is 2.93. The van der Waals surface area contributed by atoms with Crippen LogP contribution in [0.3, 0.4) is 0 Å². The molecule has 0 spiro atoms. The van der Waals surface area contributed by atoms with Gasteiger partial charge in [0.1, 0.15) is 5.75 Å². The topological polar surface area (TPSA) is 61.9 Å². The highest BCUT2D eigenvalue weighted by Crippen LogP contribution is 2.42. The van der Waals surface area contributed by atoms with Crippen LogP contribution in [0, 0.1) is 5.92 Å². The van der Waals surface area contributed by atoms with E-state index in [1.165, 1.54) is 34.5 Å². The highest BCUT2D eigenvalue weighted by Gasteiger charge is 2.46. The van der Waals surface area contributed by atoms with E-state index in [2.05, 4.69) is 70.9 Å². The molecule has 2 bridgehead atoms. The molecule has 7 heteroatoms. The van der Waals surface area contributed by atoms with Gasteiger partial charge in [-0.1, -0.05) is 60.7 Å². The van der Waals surface area contributed by atoms with E-state index in [1.54, 1.807) is 7.11 Å². The Morgan fingerprint density at radius 2 is 1.54 bits per heavy atom. The molecule has 0 amide bonds. The maximum atomic E-state index is 12.6. The molecule has 0 saturated carbocycles. The van der Waals surface area contributed by atoms with Gasteiger partial charge in [-0.2, -0.15) is 0 Å². The lowest BCUT2D eigenvalue weighted by molar-refractivity contribution is 0.00462. The van der Waals surface area contributed by atoms with E-state index >= 15 is 0 Å². The minimum atomic E-state index is -3.41. The molecule has 3 aromatic rings. The Hall–Kier alpha value is -2.87. The Labute approximate surface area is 234 Å². The van der Waals surface area contributed by atoms with E-state index in [0.717, 1.165) is 24.4 Å². The van der Waals surface area contributed by atoms with Crippen molar-refractivity contribution in [3.8, 4) is 5.75 Å². The summed E-state index contributed by atoms with van der Waals surface area (Å²) in [4.78, 5) is 2.68. The molecular weight excluding hydrogens is 506 g/mol. The summed E-state index contributed by atoms with van der Waals surface area (Å²) >= 11 is 0. The molecule has 208 valence electrons. The fraction of sp³-hybridized carbons (Fsp3) is 0.438. The normalized spacial score (nSPS) is 22.8. The zero-order chi connectivity index (χ0) is 27.6. The van der Waals surface area contributed by atoms with Gasteiger partial charge in [0, 0.05) is 36.2 Å². The van der Waals surface area contributed by atoms with Crippen molar-refractivity contribution in [2.75, 3.05) is 30.8 Å². The molecule has 0 unspecified atom stereocenters. The van der Waals surface area contributed by atoms with E-state index in [1.807, 2.05) is 32.0 Å². The minimum absolute atomic E-state index is 0.182. The second-order valence-corrected chi connectivity index (χ2v) is 13.1. The van der Waals surface area contributed by atoms with Crippen molar-refractivity contribution in [2.24, 2.45) is 5.92 Å². The van der Waals surface area contributed by atoms with E-state index in [9.17, 15) is 8.42 Å². The van der Waals surface area contributed by atoms with Crippen LogP contribution in [0.2, 0.25) is 0 Å². The fourth-order valence-corrected chi connectivity index (χ4v) is 8.10. The van der Waals surface area contributed by atoms with Crippen molar-refractivity contribution in [1.29, 1.82) is 0 Å². The summed E-state index contributed by atoms with van der Waals surface area (Å²) in [5, 5.41) is 3.96. The van der Waals surface area contributed by atoms with Gasteiger partial charge in [-0.05, 0) is 75.0 Å². The molecule has 6 nitrogen and oxygen atoms in total. The fourth-order valence-electron chi connectivity index (χ4n) is 6.84. The van der Waals surface area contributed by atoms with Crippen LogP contribution in [-0.2, 0) is 16.6 Å². The summed E-state index contributed by atoms with van der Waals surface area (Å²) < 4.78 is 32.4. The number of ether oxygens (including phenoxy) is 1. The van der Waals surface area contributed by atoms with Crippen LogP contribution < -0.4 is 14.4 Å². The molecule has 0 aromatic heterocycles. The van der Waals surface area contributed by atoms with E-state index < -0.39 is 10.0 Å². The van der Waals surface area contributed by atoms with Gasteiger partial charge in [0.2, 0.25) is 10.0 Å². The largest absolute Gasteiger partial charge is 0.496 e. The molecule has 0 radical (unpaired) electrons. The van der Waals surface area contributed by atoms with Crippen molar-refractivity contribution in [2.45, 2.75) is 57.3 Å². The summed E-state index contributed by atoms with van der Waals surface area (Å²) in [5.41, 5.74) is 4.32. The number of nitrogens with one attached hydrogen (secondary N) is 1. The number of sulfonamides is 1. The van der Waals surface area contributed by atoms with Gasteiger partial charge < -0.3 is 10.1 Å². The first-order valence-corrected chi connectivity index (χ1v) is 15.9. The molecule has 3 aromatic carbocycles. The quantitative estimate of drug-likeness (QED) is 0.376. The lowest BCUT2D eigenvalue weighted by atomic mass is 9.70. The third-order valence-electron chi connectivity index (χ3n) is 8.40. The summed E-state index contributed by atoms with van der Waals surface area (Å²) in [5.74, 6) is 1.61. The highest BCUT2D eigenvalue weighted by molar-refractivity contribution is 7.92. The Morgan fingerprint density at radius 1 is 0.949 bits per heavy atom. The van der Waals surface area contributed by atoms with E-state index in [0.29, 0.717) is 30.2 Å². The van der Waals surface area contributed by atoms with Gasteiger partial charge in [-0.15, -0.1) is 0 Å². The number of methoxy groups -OCH3 is 1. The predicted octanol–water partition coefficient (Wildman–Crippen LogP) is 5.25. The van der Waals surface area contributed by atoms with E-state index in [-0.39, 0.29) is 12.0 Å². The van der Waals surface area contributed by atoms with Gasteiger partial charge in [-0.3, -0.25) is 9.21 Å². The van der Waals surface area contributed by atoms with Crippen molar-refractivity contribution in [1.82, 2.24) is 10.2 Å². The lowest BCUT2D eigenvalue weighted by Gasteiger charge is -2.54. The maximum Gasteiger partial charge on any atom is 0.232 e. The molecule has 3 aliphatic heterocycles. The Morgan fingerprint density at radius 3 is 2.05 bits per heavy atom. The van der Waals surface area contributed by atoms with Gasteiger partial charge in [0.25, 0.3) is 0 Å². The maximum absolute atomic E-state index is 12.6. The minimum Gasteiger partial charge on any atom is -0.496 e. The number of nitrogens with zero attached hydrogens (tertiary/aromatic N) is 2. The molecule has 3 aliphatic rings. The average molecular weight is 548 g/mol. The third-order valence-corrected chi connectivity index (χ3v) is 9.75. The highest BCUT2D eigenvalue weighted by atomic mass is 32.2. The van der Waals surface area contributed by atoms with Crippen LogP contribution in [0.5, 0.6) is 5.75 Å². The zero-order valence-corrected chi connectivity index (χ0v) is 24.3. The second-order valence-electron chi connectivity index (χ2n) is 11.2. The van der Waals surface area contributed by atoms with E-state index in [4.69, 9.17) is 4.74 Å². The van der Waals surface area contributed by atoms with Crippen molar-refractivity contribution in [3.63, 3.8) is 0 Å². The number of hydrogen-bond donors (Lipinski definition) is 1. The second kappa shape index (κ2) is 11.7. The third kappa shape index (κ3) is 5.86. The van der Waals surface area contributed by atoms with Crippen molar-refractivity contribution >= 4 is 15.7 Å². The lowest BCUT2D eigenvalue weighted by Crippen LogP contribution is -2.64. The van der Waals surface area contributed by atoms with Gasteiger partial charge in [0.15, 0.2) is 0 Å². The van der Waals surface area contributed by atoms with Crippen LogP contribution in [0.25, 0.3) is 0 Å². The zero-order valence-electron chi connectivity index (χ0n) is 23.5. The van der Waals surface area contributed by atoms with Crippen LogP contribution in [-0.4, -0.2) is 57.9 Å². The van der Waals surface area contributed by atoms with Crippen LogP contribution in [0.4, 0.5) is 5.69 Å². The predicted molar refractivity (Wildman–Crippen MR) is 159 cm³/mol. The number of hydrogen-bond acceptors (Lipinski definition) is 5. The number of rotatable bonds is 10. The van der Waals surface area contributed by atoms with Crippen LogP contribution in [0.15, 0.2) is 78.9 Å². The standard InChI is InChI=1S/C32H41N3O3S/c1-23(2)35(39(4,36)37)28-15-16-29(38-3)27(21-28)22-33-31-26-17-19-34(20-18-26)32(31)30(24-11-7-5-8-12-24)25-13-9-6-10-14-25/h5-16,21,23,26,30-33H,17-20,22H2,1-4H3/t31-,32-/m0/s1. The number of piperidine rings is 3. The molecule has 0 aliphatic carbocycles. The van der Waals surface area contributed by atoms with Crippen LogP contribution >= 0.6 is 0 Å². The van der Waals surface area contributed by atoms with Gasteiger partial charge in [-0.25, -0.2) is 8.42 Å². The number of anilines is 1. The Balaban J connectivity index is 1.49. The van der Waals surface area contributed by atoms with Gasteiger partial charge in [0.05, 0.1) is 19.1 Å². The Kier molecular flexibility index (Phi) is 8.31. The SMILES string of the molecule is COc1ccc(N(C(C)C)S(C)(=O)=O)cc1CN[C@H]1C2CCN(CC2)[C@H]1C(c1ccccc1)c1ccccc1. The first-order valence-electron chi connectivity index (χ1n) is 14.0. The molecule has 3 saturated heterocycles. The smallest absolute Gasteiger partial charge is 0.232 e. The van der Waals surface area contributed by atoms with Crippen molar-refractivity contribution < 1.29 is 13.2 Å².